The highest BCUT2D eigenvalue weighted by atomic mass is 32.2. The Kier molecular flexibility index (Phi) is 7.34. The second kappa shape index (κ2) is 8.25. The van der Waals surface area contributed by atoms with Crippen molar-refractivity contribution in [3.63, 3.8) is 0 Å². The highest BCUT2D eigenvalue weighted by molar-refractivity contribution is 7.99. The monoisotopic (exact) mass is 302 g/mol. The summed E-state index contributed by atoms with van der Waals surface area (Å²) in [6, 6.07) is 0.358. The number of hydrogen-bond acceptors (Lipinski definition) is 4. The lowest BCUT2D eigenvalue weighted by atomic mass is 9.84. The summed E-state index contributed by atoms with van der Waals surface area (Å²) >= 11 is 1.93. The number of carbonyl (C=O) groups excluding carboxylic acids is 1. The van der Waals surface area contributed by atoms with Crippen LogP contribution in [-0.2, 0) is 9.53 Å². The average Bonchev–Trinajstić information content (AvgIpc) is 2.89. The Bertz CT molecular complexity index is 299. The van der Waals surface area contributed by atoms with E-state index in [-0.39, 0.29) is 17.2 Å². The standard InChI is InChI=1S/C15H30N2O2S/c1-15(2,3)9-12(10-16)14(18)17(6-7-19-4)13-5-8-20-11-13/h12-13H,5-11,16H2,1-4H3. The number of methoxy groups -OCH3 is 1. The van der Waals surface area contributed by atoms with E-state index >= 15 is 0 Å². The van der Waals surface area contributed by atoms with Gasteiger partial charge in [0.2, 0.25) is 5.91 Å². The molecule has 20 heavy (non-hydrogen) atoms. The van der Waals surface area contributed by atoms with Crippen molar-refractivity contribution in [2.45, 2.75) is 39.7 Å². The van der Waals surface area contributed by atoms with E-state index in [9.17, 15) is 4.79 Å². The average molecular weight is 302 g/mol. The maximum atomic E-state index is 12.8. The first-order valence-electron chi connectivity index (χ1n) is 7.46. The van der Waals surface area contributed by atoms with Gasteiger partial charge >= 0.3 is 0 Å². The number of amides is 1. The van der Waals surface area contributed by atoms with Gasteiger partial charge in [-0.05, 0) is 24.0 Å². The lowest BCUT2D eigenvalue weighted by Crippen LogP contribution is -2.47. The van der Waals surface area contributed by atoms with Crippen LogP contribution in [0, 0.1) is 11.3 Å². The van der Waals surface area contributed by atoms with Crippen molar-refractivity contribution in [1.82, 2.24) is 4.90 Å². The molecule has 2 atom stereocenters. The van der Waals surface area contributed by atoms with Gasteiger partial charge in [0.05, 0.1) is 12.5 Å². The number of carbonyl (C=O) groups is 1. The molecule has 1 aliphatic heterocycles. The first-order chi connectivity index (χ1) is 9.39. The Morgan fingerprint density at radius 2 is 2.20 bits per heavy atom. The predicted molar refractivity (Wildman–Crippen MR) is 85.9 cm³/mol. The third-order valence-electron chi connectivity index (χ3n) is 3.66. The second-order valence-corrected chi connectivity index (χ2v) is 7.89. The molecule has 2 N–H and O–H groups in total. The summed E-state index contributed by atoms with van der Waals surface area (Å²) in [6.07, 6.45) is 1.93. The molecule has 1 amide bonds. The molecule has 1 aliphatic rings. The van der Waals surface area contributed by atoms with Crippen LogP contribution in [0.4, 0.5) is 0 Å². The quantitative estimate of drug-likeness (QED) is 0.781. The highest BCUT2D eigenvalue weighted by Crippen LogP contribution is 2.28. The fourth-order valence-electron chi connectivity index (χ4n) is 2.68. The molecule has 0 aliphatic carbocycles. The largest absolute Gasteiger partial charge is 0.383 e. The smallest absolute Gasteiger partial charge is 0.227 e. The minimum Gasteiger partial charge on any atom is -0.383 e. The van der Waals surface area contributed by atoms with Crippen LogP contribution in [0.3, 0.4) is 0 Å². The van der Waals surface area contributed by atoms with Gasteiger partial charge in [0, 0.05) is 32.0 Å². The van der Waals surface area contributed by atoms with E-state index in [1.54, 1.807) is 7.11 Å². The first-order valence-corrected chi connectivity index (χ1v) is 8.61. The third kappa shape index (κ3) is 5.62. The topological polar surface area (TPSA) is 55.6 Å². The molecule has 0 aromatic rings. The molecule has 1 rings (SSSR count). The molecule has 0 aromatic heterocycles. The number of hydrogen-bond donors (Lipinski definition) is 1. The number of nitrogens with zero attached hydrogens (tertiary/aromatic N) is 1. The van der Waals surface area contributed by atoms with Gasteiger partial charge in [-0.1, -0.05) is 20.8 Å². The van der Waals surface area contributed by atoms with E-state index in [0.717, 1.165) is 24.3 Å². The second-order valence-electron chi connectivity index (χ2n) is 6.74. The molecule has 0 aromatic carbocycles. The molecule has 0 spiro atoms. The minimum atomic E-state index is -0.0718. The van der Waals surface area contributed by atoms with E-state index in [4.69, 9.17) is 10.5 Å². The number of thioether (sulfide) groups is 1. The van der Waals surface area contributed by atoms with Crippen LogP contribution < -0.4 is 5.73 Å². The van der Waals surface area contributed by atoms with Gasteiger partial charge < -0.3 is 15.4 Å². The summed E-state index contributed by atoms with van der Waals surface area (Å²) < 4.78 is 5.16. The van der Waals surface area contributed by atoms with Gasteiger partial charge in [0.15, 0.2) is 0 Å². The van der Waals surface area contributed by atoms with Crippen LogP contribution in [0.1, 0.15) is 33.6 Å². The number of rotatable bonds is 7. The van der Waals surface area contributed by atoms with Crippen molar-refractivity contribution in [3.05, 3.63) is 0 Å². The summed E-state index contributed by atoms with van der Waals surface area (Å²) in [4.78, 5) is 14.8. The molecular formula is C15H30N2O2S. The highest BCUT2D eigenvalue weighted by Gasteiger charge is 2.32. The maximum absolute atomic E-state index is 12.8. The molecule has 5 heteroatoms. The lowest BCUT2D eigenvalue weighted by molar-refractivity contribution is -0.138. The summed E-state index contributed by atoms with van der Waals surface area (Å²) in [6.45, 7) is 8.19. The van der Waals surface area contributed by atoms with Gasteiger partial charge in [-0.25, -0.2) is 0 Å². The van der Waals surface area contributed by atoms with Crippen LogP contribution in [-0.4, -0.2) is 55.2 Å². The van der Waals surface area contributed by atoms with Crippen LogP contribution >= 0.6 is 11.8 Å². The maximum Gasteiger partial charge on any atom is 0.227 e. The van der Waals surface area contributed by atoms with Gasteiger partial charge in [0.25, 0.3) is 0 Å². The number of ether oxygens (including phenoxy) is 1. The zero-order valence-electron chi connectivity index (χ0n) is 13.4. The SMILES string of the molecule is COCCN(C(=O)C(CN)CC(C)(C)C)C1CCSC1. The molecule has 0 saturated carbocycles. The zero-order valence-corrected chi connectivity index (χ0v) is 14.2. The lowest BCUT2D eigenvalue weighted by Gasteiger charge is -2.33. The molecule has 1 saturated heterocycles. The van der Waals surface area contributed by atoms with E-state index in [1.807, 2.05) is 16.7 Å². The van der Waals surface area contributed by atoms with Crippen molar-refractivity contribution in [2.75, 3.05) is 38.3 Å². The Hall–Kier alpha value is -0.260. The first kappa shape index (κ1) is 17.8. The fourth-order valence-corrected chi connectivity index (χ4v) is 3.90. The Morgan fingerprint density at radius 3 is 2.65 bits per heavy atom. The van der Waals surface area contributed by atoms with E-state index < -0.39 is 0 Å². The third-order valence-corrected chi connectivity index (χ3v) is 4.80. The molecule has 118 valence electrons. The van der Waals surface area contributed by atoms with Gasteiger partial charge in [0.1, 0.15) is 0 Å². The summed E-state index contributed by atoms with van der Waals surface area (Å²) in [5.41, 5.74) is 5.98. The Balaban J connectivity index is 2.73. The molecule has 0 radical (unpaired) electrons. The van der Waals surface area contributed by atoms with Gasteiger partial charge in [-0.3, -0.25) is 4.79 Å². The van der Waals surface area contributed by atoms with Crippen molar-refractivity contribution in [2.24, 2.45) is 17.1 Å². The van der Waals surface area contributed by atoms with Crippen LogP contribution in [0.25, 0.3) is 0 Å². The number of nitrogens with two attached hydrogens (primary N) is 1. The molecule has 0 bridgehead atoms. The minimum absolute atomic E-state index is 0.0718. The summed E-state index contributed by atoms with van der Waals surface area (Å²) in [5, 5.41) is 0. The van der Waals surface area contributed by atoms with Crippen molar-refractivity contribution in [3.8, 4) is 0 Å². The van der Waals surface area contributed by atoms with Crippen LogP contribution in [0.5, 0.6) is 0 Å². The molecular weight excluding hydrogens is 272 g/mol. The van der Waals surface area contributed by atoms with Crippen LogP contribution in [0.15, 0.2) is 0 Å². The predicted octanol–water partition coefficient (Wildman–Crippen LogP) is 1.98. The zero-order chi connectivity index (χ0) is 15.2. The molecule has 2 unspecified atom stereocenters. The molecule has 1 fully saturated rings. The van der Waals surface area contributed by atoms with E-state index in [1.165, 1.54) is 0 Å². The molecule has 4 nitrogen and oxygen atoms in total. The van der Waals surface area contributed by atoms with Crippen molar-refractivity contribution in [1.29, 1.82) is 0 Å². The van der Waals surface area contributed by atoms with Crippen molar-refractivity contribution >= 4 is 17.7 Å². The van der Waals surface area contributed by atoms with Crippen LogP contribution in [0.2, 0.25) is 0 Å². The molecule has 1 heterocycles. The van der Waals surface area contributed by atoms with E-state index in [0.29, 0.717) is 25.7 Å². The Morgan fingerprint density at radius 1 is 1.50 bits per heavy atom. The van der Waals surface area contributed by atoms with Gasteiger partial charge in [-0.2, -0.15) is 11.8 Å². The fraction of sp³-hybridized carbons (Fsp3) is 0.933. The summed E-state index contributed by atoms with van der Waals surface area (Å²) in [5.74, 6) is 2.33. The van der Waals surface area contributed by atoms with Crippen molar-refractivity contribution < 1.29 is 9.53 Å². The summed E-state index contributed by atoms with van der Waals surface area (Å²) in [7, 11) is 1.68. The Labute approximate surface area is 127 Å². The van der Waals surface area contributed by atoms with E-state index in [2.05, 4.69) is 20.8 Å². The van der Waals surface area contributed by atoms with Gasteiger partial charge in [-0.15, -0.1) is 0 Å². The normalized spacial score (nSPS) is 20.9.